The Morgan fingerprint density at radius 3 is 2.10 bits per heavy atom. The molecule has 0 aromatic heterocycles. The fourth-order valence-electron chi connectivity index (χ4n) is 4.18. The lowest BCUT2D eigenvalue weighted by Gasteiger charge is -2.39. The highest BCUT2D eigenvalue weighted by molar-refractivity contribution is 5.89. The molecule has 3 rings (SSSR count). The van der Waals surface area contributed by atoms with Crippen molar-refractivity contribution in [3.8, 4) is 17.2 Å². The van der Waals surface area contributed by atoms with Crippen LogP contribution in [0.4, 0.5) is 0 Å². The van der Waals surface area contributed by atoms with Crippen molar-refractivity contribution in [2.75, 3.05) is 28.4 Å². The van der Waals surface area contributed by atoms with E-state index in [1.54, 1.807) is 19.1 Å². The molecule has 0 radical (unpaired) electrons. The SMILES string of the molecule is COC(=O)C1(Cc2ccccc2)CC(=O)OC1(C)c1cc(OC)c(OC)c(OC)c1. The van der Waals surface area contributed by atoms with Crippen molar-refractivity contribution in [2.45, 2.75) is 25.4 Å². The Balaban J connectivity index is 2.23. The molecular weight excluding hydrogens is 388 g/mol. The van der Waals surface area contributed by atoms with Crippen molar-refractivity contribution in [3.63, 3.8) is 0 Å². The molecule has 1 saturated heterocycles. The maximum Gasteiger partial charge on any atom is 0.317 e. The molecule has 1 fully saturated rings. The van der Waals surface area contributed by atoms with E-state index in [2.05, 4.69) is 0 Å². The van der Waals surface area contributed by atoms with E-state index in [4.69, 9.17) is 23.7 Å². The number of ether oxygens (including phenoxy) is 5. The van der Waals surface area contributed by atoms with Crippen LogP contribution in [0.5, 0.6) is 17.2 Å². The van der Waals surface area contributed by atoms with E-state index in [1.165, 1.54) is 28.4 Å². The highest BCUT2D eigenvalue weighted by atomic mass is 16.6. The van der Waals surface area contributed by atoms with Gasteiger partial charge in [-0.1, -0.05) is 30.3 Å². The lowest BCUT2D eigenvalue weighted by atomic mass is 9.65. The summed E-state index contributed by atoms with van der Waals surface area (Å²) in [6.07, 6.45) is 0.154. The van der Waals surface area contributed by atoms with Crippen LogP contribution in [0, 0.1) is 5.41 Å². The van der Waals surface area contributed by atoms with Gasteiger partial charge >= 0.3 is 11.9 Å². The van der Waals surface area contributed by atoms with Gasteiger partial charge in [0.25, 0.3) is 0 Å². The summed E-state index contributed by atoms with van der Waals surface area (Å²) >= 11 is 0. The number of methoxy groups -OCH3 is 4. The normalized spacial score (nSPS) is 22.9. The Morgan fingerprint density at radius 2 is 1.60 bits per heavy atom. The minimum absolute atomic E-state index is 0.109. The molecule has 2 atom stereocenters. The van der Waals surface area contributed by atoms with Crippen LogP contribution in [0.1, 0.15) is 24.5 Å². The number of esters is 2. The highest BCUT2D eigenvalue weighted by Gasteiger charge is 2.64. The second kappa shape index (κ2) is 8.26. The van der Waals surface area contributed by atoms with Crippen molar-refractivity contribution in [1.29, 1.82) is 0 Å². The molecule has 0 bridgehead atoms. The van der Waals surface area contributed by atoms with Crippen LogP contribution < -0.4 is 14.2 Å². The molecule has 1 aliphatic heterocycles. The number of carbonyl (C=O) groups excluding carboxylic acids is 2. The monoisotopic (exact) mass is 414 g/mol. The fraction of sp³-hybridized carbons (Fsp3) is 0.391. The number of hydrogen-bond acceptors (Lipinski definition) is 7. The first-order chi connectivity index (χ1) is 14.3. The molecule has 2 unspecified atom stereocenters. The average Bonchev–Trinajstić information content (AvgIpc) is 3.03. The van der Waals surface area contributed by atoms with Gasteiger partial charge in [-0.05, 0) is 31.0 Å². The van der Waals surface area contributed by atoms with Crippen LogP contribution in [-0.2, 0) is 31.1 Å². The molecule has 2 aromatic rings. The Kier molecular flexibility index (Phi) is 5.92. The van der Waals surface area contributed by atoms with Gasteiger partial charge in [-0.15, -0.1) is 0 Å². The van der Waals surface area contributed by atoms with Gasteiger partial charge in [0.2, 0.25) is 5.75 Å². The van der Waals surface area contributed by atoms with E-state index in [0.29, 0.717) is 22.8 Å². The lowest BCUT2D eigenvalue weighted by Crippen LogP contribution is -2.48. The number of hydrogen-bond donors (Lipinski definition) is 0. The summed E-state index contributed by atoms with van der Waals surface area (Å²) < 4.78 is 27.3. The minimum Gasteiger partial charge on any atom is -0.493 e. The Hall–Kier alpha value is -3.22. The Bertz CT molecular complexity index is 915. The van der Waals surface area contributed by atoms with Gasteiger partial charge < -0.3 is 23.7 Å². The van der Waals surface area contributed by atoms with Gasteiger partial charge in [0.15, 0.2) is 17.1 Å². The topological polar surface area (TPSA) is 80.3 Å². The molecule has 7 heteroatoms. The van der Waals surface area contributed by atoms with E-state index >= 15 is 0 Å². The number of cyclic esters (lactones) is 1. The molecule has 30 heavy (non-hydrogen) atoms. The van der Waals surface area contributed by atoms with E-state index in [0.717, 1.165) is 5.56 Å². The van der Waals surface area contributed by atoms with E-state index < -0.39 is 23.0 Å². The van der Waals surface area contributed by atoms with Crippen molar-refractivity contribution in [3.05, 3.63) is 53.6 Å². The van der Waals surface area contributed by atoms with Crippen LogP contribution in [0.15, 0.2) is 42.5 Å². The average molecular weight is 414 g/mol. The third-order valence-electron chi connectivity index (χ3n) is 5.82. The van der Waals surface area contributed by atoms with Gasteiger partial charge in [0.1, 0.15) is 5.41 Å². The maximum atomic E-state index is 13.2. The van der Waals surface area contributed by atoms with Gasteiger partial charge in [-0.25, -0.2) is 0 Å². The highest BCUT2D eigenvalue weighted by Crippen LogP contribution is 2.55. The first kappa shape index (κ1) is 21.5. The predicted molar refractivity (Wildman–Crippen MR) is 109 cm³/mol. The van der Waals surface area contributed by atoms with Crippen LogP contribution in [0.25, 0.3) is 0 Å². The molecule has 0 spiro atoms. The van der Waals surface area contributed by atoms with Crippen LogP contribution in [0.3, 0.4) is 0 Å². The number of carbonyl (C=O) groups is 2. The summed E-state index contributed by atoms with van der Waals surface area (Å²) in [6.45, 7) is 1.72. The second-order valence-corrected chi connectivity index (χ2v) is 7.33. The van der Waals surface area contributed by atoms with Gasteiger partial charge in [0, 0.05) is 5.56 Å². The predicted octanol–water partition coefficient (Wildman–Crippen LogP) is 3.28. The molecule has 7 nitrogen and oxygen atoms in total. The van der Waals surface area contributed by atoms with Crippen molar-refractivity contribution in [1.82, 2.24) is 0 Å². The summed E-state index contributed by atoms with van der Waals surface area (Å²) in [6, 6.07) is 12.9. The third-order valence-corrected chi connectivity index (χ3v) is 5.82. The quantitative estimate of drug-likeness (QED) is 0.643. The summed E-state index contributed by atoms with van der Waals surface area (Å²) in [5.41, 5.74) is -1.16. The molecule has 1 heterocycles. The second-order valence-electron chi connectivity index (χ2n) is 7.33. The zero-order valence-electron chi connectivity index (χ0n) is 17.8. The molecule has 2 aromatic carbocycles. The van der Waals surface area contributed by atoms with Gasteiger partial charge in [-0.3, -0.25) is 9.59 Å². The van der Waals surface area contributed by atoms with E-state index in [9.17, 15) is 9.59 Å². The van der Waals surface area contributed by atoms with Gasteiger partial charge in [-0.2, -0.15) is 0 Å². The molecule has 0 saturated carbocycles. The third kappa shape index (κ3) is 3.34. The minimum atomic E-state index is -1.32. The lowest BCUT2D eigenvalue weighted by molar-refractivity contribution is -0.167. The van der Waals surface area contributed by atoms with Gasteiger partial charge in [0.05, 0.1) is 34.9 Å². The van der Waals surface area contributed by atoms with Crippen molar-refractivity contribution < 1.29 is 33.3 Å². The fourth-order valence-corrected chi connectivity index (χ4v) is 4.18. The standard InChI is InChI=1S/C23H26O7/c1-22(16-11-17(26-2)20(28-4)18(12-16)27-3)23(21(25)29-5,14-19(24)30-22)13-15-9-7-6-8-10-15/h6-12H,13-14H2,1-5H3. The smallest absolute Gasteiger partial charge is 0.317 e. The summed E-state index contributed by atoms with van der Waals surface area (Å²) in [7, 11) is 5.82. The van der Waals surface area contributed by atoms with E-state index in [1.807, 2.05) is 30.3 Å². The molecule has 160 valence electrons. The zero-order chi connectivity index (χ0) is 21.9. The number of rotatable bonds is 7. The first-order valence-electron chi connectivity index (χ1n) is 9.50. The molecule has 0 aliphatic carbocycles. The van der Waals surface area contributed by atoms with Crippen LogP contribution in [-0.4, -0.2) is 40.4 Å². The number of benzene rings is 2. The Morgan fingerprint density at radius 1 is 1.00 bits per heavy atom. The van der Waals surface area contributed by atoms with Crippen LogP contribution >= 0.6 is 0 Å². The van der Waals surface area contributed by atoms with E-state index in [-0.39, 0.29) is 12.8 Å². The van der Waals surface area contributed by atoms with Crippen molar-refractivity contribution >= 4 is 11.9 Å². The van der Waals surface area contributed by atoms with Crippen molar-refractivity contribution in [2.24, 2.45) is 5.41 Å². The molecule has 0 N–H and O–H groups in total. The summed E-state index contributed by atoms with van der Waals surface area (Å²) in [5.74, 6) is 0.202. The molecule has 1 aliphatic rings. The van der Waals surface area contributed by atoms with Crippen LogP contribution in [0.2, 0.25) is 0 Å². The largest absolute Gasteiger partial charge is 0.493 e. The zero-order valence-corrected chi connectivity index (χ0v) is 17.8. The summed E-state index contributed by atoms with van der Waals surface area (Å²) in [4.78, 5) is 25.7. The summed E-state index contributed by atoms with van der Waals surface area (Å²) in [5, 5.41) is 0. The molecular formula is C23H26O7. The maximum absolute atomic E-state index is 13.2. The first-order valence-corrected chi connectivity index (χ1v) is 9.50. The Labute approximate surface area is 175 Å². The molecule has 0 amide bonds.